The average Bonchev–Trinajstić information content (AvgIpc) is 2.49. The molecule has 0 heterocycles. The Kier molecular flexibility index (Phi) is 3.88. The number of halogens is 1. The number of nitrogens with one attached hydrogen (secondary N) is 1. The average molecular weight is 301 g/mol. The Bertz CT molecular complexity index is 863. The van der Waals surface area contributed by atoms with Gasteiger partial charge in [-0.25, -0.2) is 12.8 Å². The highest BCUT2D eigenvalue weighted by molar-refractivity contribution is 7.92. The van der Waals surface area contributed by atoms with Crippen LogP contribution in [0.1, 0.15) is 11.1 Å². The van der Waals surface area contributed by atoms with Crippen molar-refractivity contribution in [3.8, 4) is 12.1 Å². The third-order valence-electron chi connectivity index (χ3n) is 2.64. The van der Waals surface area contributed by atoms with Crippen molar-refractivity contribution in [2.24, 2.45) is 0 Å². The molecule has 0 radical (unpaired) electrons. The van der Waals surface area contributed by atoms with Gasteiger partial charge in [0.15, 0.2) is 0 Å². The molecule has 0 saturated heterocycles. The molecule has 0 aliphatic heterocycles. The van der Waals surface area contributed by atoms with Crippen molar-refractivity contribution in [1.29, 1.82) is 10.5 Å². The Hall–Kier alpha value is -2.90. The van der Waals surface area contributed by atoms with Gasteiger partial charge < -0.3 is 0 Å². The normalized spacial score (nSPS) is 10.4. The highest BCUT2D eigenvalue weighted by Crippen LogP contribution is 2.20. The maximum absolute atomic E-state index is 13.7. The Morgan fingerprint density at radius 3 is 2.05 bits per heavy atom. The van der Waals surface area contributed by atoms with Crippen molar-refractivity contribution in [3.05, 3.63) is 59.4 Å². The van der Waals surface area contributed by atoms with Crippen LogP contribution in [-0.4, -0.2) is 8.42 Å². The molecule has 1 N–H and O–H groups in total. The van der Waals surface area contributed by atoms with Crippen molar-refractivity contribution >= 4 is 15.7 Å². The first kappa shape index (κ1) is 14.5. The van der Waals surface area contributed by atoms with Crippen LogP contribution in [0.3, 0.4) is 0 Å². The highest BCUT2D eigenvalue weighted by atomic mass is 32.2. The topological polar surface area (TPSA) is 93.8 Å². The van der Waals surface area contributed by atoms with E-state index in [0.717, 1.165) is 6.07 Å². The predicted octanol–water partition coefficient (Wildman–Crippen LogP) is 2.37. The standard InChI is InChI=1S/C14H8FN3O2S/c15-13-7-11(9-17)3-6-14(13)18-21(19,20)12-4-1-10(8-16)2-5-12/h1-7,18H. The van der Waals surface area contributed by atoms with Crippen LogP contribution in [0.25, 0.3) is 0 Å². The van der Waals surface area contributed by atoms with Crippen LogP contribution < -0.4 is 4.72 Å². The first-order valence-electron chi connectivity index (χ1n) is 5.69. The zero-order chi connectivity index (χ0) is 15.5. The van der Waals surface area contributed by atoms with Gasteiger partial charge in [0.25, 0.3) is 10.0 Å². The number of hydrogen-bond acceptors (Lipinski definition) is 4. The molecule has 0 amide bonds. The molecular weight excluding hydrogens is 293 g/mol. The van der Waals surface area contributed by atoms with Crippen LogP contribution in [0.15, 0.2) is 47.4 Å². The first-order chi connectivity index (χ1) is 9.96. The molecule has 0 aliphatic rings. The van der Waals surface area contributed by atoms with Crippen LogP contribution in [0.2, 0.25) is 0 Å². The van der Waals surface area contributed by atoms with Crippen molar-refractivity contribution in [1.82, 2.24) is 0 Å². The molecule has 2 rings (SSSR count). The number of benzene rings is 2. The molecule has 2 aromatic carbocycles. The highest BCUT2D eigenvalue weighted by Gasteiger charge is 2.16. The zero-order valence-corrected chi connectivity index (χ0v) is 11.4. The SMILES string of the molecule is N#Cc1ccc(S(=O)(=O)Nc2ccc(C#N)cc2F)cc1. The molecule has 5 nitrogen and oxygen atoms in total. The maximum Gasteiger partial charge on any atom is 0.261 e. The molecule has 0 fully saturated rings. The van der Waals surface area contributed by atoms with Gasteiger partial charge in [0.05, 0.1) is 33.8 Å². The quantitative estimate of drug-likeness (QED) is 0.941. The van der Waals surface area contributed by atoms with Gasteiger partial charge in [0.1, 0.15) is 5.82 Å². The predicted molar refractivity (Wildman–Crippen MR) is 73.1 cm³/mol. The molecule has 104 valence electrons. The molecule has 0 saturated carbocycles. The molecule has 0 unspecified atom stereocenters. The number of nitrogens with zero attached hydrogens (tertiary/aromatic N) is 2. The van der Waals surface area contributed by atoms with Crippen LogP contribution in [0, 0.1) is 28.5 Å². The monoisotopic (exact) mass is 301 g/mol. The van der Waals surface area contributed by atoms with Gasteiger partial charge in [-0.05, 0) is 42.5 Å². The van der Waals surface area contributed by atoms with E-state index in [9.17, 15) is 12.8 Å². The molecular formula is C14H8FN3O2S. The largest absolute Gasteiger partial charge is 0.277 e. The maximum atomic E-state index is 13.7. The summed E-state index contributed by atoms with van der Waals surface area (Å²) in [6.07, 6.45) is 0. The van der Waals surface area contributed by atoms with Gasteiger partial charge in [-0.15, -0.1) is 0 Å². The van der Waals surface area contributed by atoms with Gasteiger partial charge >= 0.3 is 0 Å². The van der Waals surface area contributed by atoms with E-state index in [-0.39, 0.29) is 16.1 Å². The summed E-state index contributed by atoms with van der Waals surface area (Å²) in [5.74, 6) is -0.841. The Balaban J connectivity index is 2.33. The van der Waals surface area contributed by atoms with Crippen molar-refractivity contribution in [3.63, 3.8) is 0 Å². The Morgan fingerprint density at radius 2 is 1.52 bits per heavy atom. The van der Waals surface area contributed by atoms with E-state index in [2.05, 4.69) is 4.72 Å². The second kappa shape index (κ2) is 5.61. The summed E-state index contributed by atoms with van der Waals surface area (Å²) < 4.78 is 39.9. The summed E-state index contributed by atoms with van der Waals surface area (Å²) in [7, 11) is -3.96. The summed E-state index contributed by atoms with van der Waals surface area (Å²) in [6.45, 7) is 0. The fraction of sp³-hybridized carbons (Fsp3) is 0. The van der Waals surface area contributed by atoms with Crippen LogP contribution in [0.4, 0.5) is 10.1 Å². The van der Waals surface area contributed by atoms with Crippen molar-refractivity contribution in [2.75, 3.05) is 4.72 Å². The minimum absolute atomic E-state index is 0.0915. The van der Waals surface area contributed by atoms with Crippen LogP contribution in [0.5, 0.6) is 0 Å². The molecule has 2 aromatic rings. The first-order valence-corrected chi connectivity index (χ1v) is 7.17. The second-order valence-electron chi connectivity index (χ2n) is 4.05. The third-order valence-corrected chi connectivity index (χ3v) is 4.02. The van der Waals surface area contributed by atoms with Crippen molar-refractivity contribution in [2.45, 2.75) is 4.90 Å². The number of rotatable bonds is 3. The van der Waals surface area contributed by atoms with Gasteiger partial charge in [-0.3, -0.25) is 4.72 Å². The molecule has 0 bridgehead atoms. The zero-order valence-electron chi connectivity index (χ0n) is 10.5. The molecule has 0 aliphatic carbocycles. The molecule has 7 heteroatoms. The third kappa shape index (κ3) is 3.16. The number of anilines is 1. The number of sulfonamides is 1. The van der Waals surface area contributed by atoms with E-state index in [1.807, 2.05) is 6.07 Å². The van der Waals surface area contributed by atoms with Gasteiger partial charge in [-0.1, -0.05) is 0 Å². The molecule has 21 heavy (non-hydrogen) atoms. The van der Waals surface area contributed by atoms with Crippen LogP contribution >= 0.6 is 0 Å². The van der Waals surface area contributed by atoms with E-state index >= 15 is 0 Å². The summed E-state index contributed by atoms with van der Waals surface area (Å²) in [4.78, 5) is -0.0924. The van der Waals surface area contributed by atoms with Gasteiger partial charge in [-0.2, -0.15) is 10.5 Å². The van der Waals surface area contributed by atoms with Crippen molar-refractivity contribution < 1.29 is 12.8 Å². The Labute approximate surface area is 120 Å². The van der Waals surface area contributed by atoms with Gasteiger partial charge in [0.2, 0.25) is 0 Å². The minimum Gasteiger partial charge on any atom is -0.277 e. The van der Waals surface area contributed by atoms with E-state index in [1.165, 1.54) is 36.4 Å². The number of nitriles is 2. The summed E-state index contributed by atoms with van der Waals surface area (Å²) >= 11 is 0. The molecule has 0 atom stereocenters. The van der Waals surface area contributed by atoms with E-state index in [0.29, 0.717) is 5.56 Å². The second-order valence-corrected chi connectivity index (χ2v) is 5.73. The van der Waals surface area contributed by atoms with E-state index < -0.39 is 15.8 Å². The van der Waals surface area contributed by atoms with Crippen LogP contribution in [-0.2, 0) is 10.0 Å². The van der Waals surface area contributed by atoms with Gasteiger partial charge in [0, 0.05) is 0 Å². The lowest BCUT2D eigenvalue weighted by molar-refractivity contribution is 0.598. The lowest BCUT2D eigenvalue weighted by Gasteiger charge is -2.09. The molecule has 0 aromatic heterocycles. The lowest BCUT2D eigenvalue weighted by Crippen LogP contribution is -2.14. The summed E-state index contributed by atoms with van der Waals surface area (Å²) in [5, 5.41) is 17.3. The smallest absolute Gasteiger partial charge is 0.261 e. The van der Waals surface area contributed by atoms with E-state index in [1.54, 1.807) is 6.07 Å². The summed E-state index contributed by atoms with van der Waals surface area (Å²) in [5.41, 5.74) is 0.158. The molecule has 0 spiro atoms. The van der Waals surface area contributed by atoms with E-state index in [4.69, 9.17) is 10.5 Å². The fourth-order valence-electron chi connectivity index (χ4n) is 1.58. The summed E-state index contributed by atoms with van der Waals surface area (Å²) in [6, 6.07) is 12.3. The minimum atomic E-state index is -3.96. The fourth-order valence-corrected chi connectivity index (χ4v) is 2.65. The number of hydrogen-bond donors (Lipinski definition) is 1. The lowest BCUT2D eigenvalue weighted by atomic mass is 10.2. The Morgan fingerprint density at radius 1 is 0.952 bits per heavy atom.